The molecule has 0 aliphatic carbocycles. The van der Waals surface area contributed by atoms with Crippen LogP contribution in [0.5, 0.6) is 0 Å². The summed E-state index contributed by atoms with van der Waals surface area (Å²) in [6.07, 6.45) is 2.69. The summed E-state index contributed by atoms with van der Waals surface area (Å²) in [5, 5.41) is 0. The van der Waals surface area contributed by atoms with Gasteiger partial charge in [-0.25, -0.2) is 0 Å². The predicted octanol–water partition coefficient (Wildman–Crippen LogP) is 3.25. The van der Waals surface area contributed by atoms with E-state index in [9.17, 15) is 4.79 Å². The lowest BCUT2D eigenvalue weighted by Crippen LogP contribution is -2.19. The average molecular weight is 232 g/mol. The molecule has 1 aliphatic heterocycles. The van der Waals surface area contributed by atoms with Gasteiger partial charge in [-0.15, -0.1) is 0 Å². The van der Waals surface area contributed by atoms with E-state index in [2.05, 4.69) is 19.9 Å². The van der Waals surface area contributed by atoms with Crippen molar-refractivity contribution >= 4 is 5.78 Å². The van der Waals surface area contributed by atoms with E-state index in [4.69, 9.17) is 4.74 Å². The molecule has 1 unspecified atom stereocenters. The highest BCUT2D eigenvalue weighted by Gasteiger charge is 2.24. The third kappa shape index (κ3) is 3.16. The van der Waals surface area contributed by atoms with Crippen LogP contribution in [0, 0.1) is 5.92 Å². The van der Waals surface area contributed by atoms with E-state index in [1.807, 2.05) is 18.2 Å². The van der Waals surface area contributed by atoms with Gasteiger partial charge in [0.15, 0.2) is 5.78 Å². The summed E-state index contributed by atoms with van der Waals surface area (Å²) in [5.41, 5.74) is 2.04. The zero-order chi connectivity index (χ0) is 12.3. The number of carbonyl (C=O) groups is 1. The van der Waals surface area contributed by atoms with Gasteiger partial charge < -0.3 is 4.74 Å². The molecule has 0 amide bonds. The first-order valence-electron chi connectivity index (χ1n) is 6.41. The van der Waals surface area contributed by atoms with Gasteiger partial charge in [0.05, 0.1) is 0 Å². The highest BCUT2D eigenvalue weighted by atomic mass is 16.5. The van der Waals surface area contributed by atoms with Gasteiger partial charge in [0.1, 0.15) is 6.10 Å². The maximum Gasteiger partial charge on any atom is 0.191 e. The monoisotopic (exact) mass is 232 g/mol. The van der Waals surface area contributed by atoms with Crippen LogP contribution in [0.25, 0.3) is 0 Å². The Hall–Kier alpha value is -1.15. The van der Waals surface area contributed by atoms with Crippen molar-refractivity contribution < 1.29 is 9.53 Å². The van der Waals surface area contributed by atoms with Crippen molar-refractivity contribution in [3.63, 3.8) is 0 Å². The van der Waals surface area contributed by atoms with E-state index >= 15 is 0 Å². The van der Waals surface area contributed by atoms with Gasteiger partial charge >= 0.3 is 0 Å². The van der Waals surface area contributed by atoms with Gasteiger partial charge in [-0.2, -0.15) is 0 Å². The topological polar surface area (TPSA) is 26.3 Å². The fourth-order valence-corrected chi connectivity index (χ4v) is 2.29. The van der Waals surface area contributed by atoms with Gasteiger partial charge in [-0.05, 0) is 36.8 Å². The van der Waals surface area contributed by atoms with E-state index in [0.717, 1.165) is 31.4 Å². The van der Waals surface area contributed by atoms with Crippen LogP contribution in [0.4, 0.5) is 0 Å². The molecule has 2 heteroatoms. The fraction of sp³-hybridized carbons (Fsp3) is 0.533. The molecule has 0 N–H and O–H groups in total. The SMILES string of the molecule is CC(C)Cc1cccc(C(=O)C2CCCO2)c1. The summed E-state index contributed by atoms with van der Waals surface area (Å²) < 4.78 is 5.44. The van der Waals surface area contributed by atoms with Crippen LogP contribution < -0.4 is 0 Å². The van der Waals surface area contributed by atoms with Crippen molar-refractivity contribution in [1.29, 1.82) is 0 Å². The van der Waals surface area contributed by atoms with Gasteiger partial charge in [0.2, 0.25) is 0 Å². The molecule has 0 bridgehead atoms. The molecule has 1 atom stereocenters. The lowest BCUT2D eigenvalue weighted by molar-refractivity contribution is 0.0643. The Balaban J connectivity index is 2.12. The van der Waals surface area contributed by atoms with Crippen LogP contribution in [0.2, 0.25) is 0 Å². The Bertz CT molecular complexity index is 390. The number of hydrogen-bond donors (Lipinski definition) is 0. The minimum absolute atomic E-state index is 0.146. The van der Waals surface area contributed by atoms with Crippen molar-refractivity contribution in [2.75, 3.05) is 6.61 Å². The molecule has 1 heterocycles. The lowest BCUT2D eigenvalue weighted by atomic mass is 9.97. The van der Waals surface area contributed by atoms with Crippen molar-refractivity contribution in [2.45, 2.75) is 39.2 Å². The second-order valence-corrected chi connectivity index (χ2v) is 5.16. The Labute approximate surface area is 103 Å². The molecular weight excluding hydrogens is 212 g/mol. The second-order valence-electron chi connectivity index (χ2n) is 5.16. The maximum absolute atomic E-state index is 12.2. The summed E-state index contributed by atoms with van der Waals surface area (Å²) in [6.45, 7) is 5.10. The average Bonchev–Trinajstić information content (AvgIpc) is 2.81. The zero-order valence-electron chi connectivity index (χ0n) is 10.6. The van der Waals surface area contributed by atoms with Gasteiger partial charge in [0.25, 0.3) is 0 Å². The smallest absolute Gasteiger partial charge is 0.191 e. The van der Waals surface area contributed by atoms with Gasteiger partial charge in [-0.3, -0.25) is 4.79 Å². The van der Waals surface area contributed by atoms with Crippen LogP contribution in [0.1, 0.15) is 42.6 Å². The summed E-state index contributed by atoms with van der Waals surface area (Å²) in [6, 6.07) is 7.98. The fourth-order valence-electron chi connectivity index (χ4n) is 2.29. The molecular formula is C15H20O2. The molecule has 1 fully saturated rings. The van der Waals surface area contributed by atoms with Crippen molar-refractivity contribution in [1.82, 2.24) is 0 Å². The number of ketones is 1. The largest absolute Gasteiger partial charge is 0.370 e. The van der Waals surface area contributed by atoms with Crippen molar-refractivity contribution in [2.24, 2.45) is 5.92 Å². The molecule has 92 valence electrons. The van der Waals surface area contributed by atoms with Gasteiger partial charge in [-0.1, -0.05) is 32.0 Å². The minimum Gasteiger partial charge on any atom is -0.370 e. The quantitative estimate of drug-likeness (QED) is 0.745. The molecule has 0 spiro atoms. The first-order chi connectivity index (χ1) is 8.16. The van der Waals surface area contributed by atoms with E-state index in [0.29, 0.717) is 5.92 Å². The van der Waals surface area contributed by atoms with Crippen LogP contribution >= 0.6 is 0 Å². The molecule has 2 rings (SSSR count). The zero-order valence-corrected chi connectivity index (χ0v) is 10.6. The normalized spacial score (nSPS) is 19.8. The number of Topliss-reactive ketones (excluding diaryl/α,β-unsaturated/α-hetero) is 1. The number of ether oxygens (including phenoxy) is 1. The molecule has 1 aromatic rings. The highest BCUT2D eigenvalue weighted by molar-refractivity contribution is 5.99. The summed E-state index contributed by atoms with van der Waals surface area (Å²) in [5.74, 6) is 0.760. The lowest BCUT2D eigenvalue weighted by Gasteiger charge is -2.10. The summed E-state index contributed by atoms with van der Waals surface area (Å²) in [4.78, 5) is 12.2. The molecule has 0 radical (unpaired) electrons. The van der Waals surface area contributed by atoms with Crippen molar-refractivity contribution in [3.8, 4) is 0 Å². The van der Waals surface area contributed by atoms with E-state index in [1.54, 1.807) is 0 Å². The third-order valence-corrected chi connectivity index (χ3v) is 3.08. The summed E-state index contributed by atoms with van der Waals surface area (Å²) in [7, 11) is 0. The molecule has 17 heavy (non-hydrogen) atoms. The highest BCUT2D eigenvalue weighted by Crippen LogP contribution is 2.19. The van der Waals surface area contributed by atoms with Crippen LogP contribution in [-0.2, 0) is 11.2 Å². The molecule has 0 saturated carbocycles. The Kier molecular flexibility index (Phi) is 3.95. The van der Waals surface area contributed by atoms with Gasteiger partial charge in [0, 0.05) is 12.2 Å². The number of rotatable bonds is 4. The summed E-state index contributed by atoms with van der Waals surface area (Å²) >= 11 is 0. The predicted molar refractivity (Wildman–Crippen MR) is 68.3 cm³/mol. The molecule has 2 nitrogen and oxygen atoms in total. The Morgan fingerprint density at radius 2 is 2.29 bits per heavy atom. The van der Waals surface area contributed by atoms with Crippen molar-refractivity contribution in [3.05, 3.63) is 35.4 Å². The molecule has 1 aromatic carbocycles. The van der Waals surface area contributed by atoms with E-state index < -0.39 is 0 Å². The Morgan fingerprint density at radius 1 is 1.47 bits per heavy atom. The second kappa shape index (κ2) is 5.46. The number of carbonyl (C=O) groups excluding carboxylic acids is 1. The first kappa shape index (κ1) is 12.3. The number of hydrogen-bond acceptors (Lipinski definition) is 2. The minimum atomic E-state index is -0.204. The Morgan fingerprint density at radius 3 is 2.94 bits per heavy atom. The maximum atomic E-state index is 12.2. The van der Waals surface area contributed by atoms with E-state index in [-0.39, 0.29) is 11.9 Å². The number of benzene rings is 1. The van der Waals surface area contributed by atoms with E-state index in [1.165, 1.54) is 5.56 Å². The molecule has 0 aromatic heterocycles. The molecule has 1 saturated heterocycles. The first-order valence-corrected chi connectivity index (χ1v) is 6.41. The third-order valence-electron chi connectivity index (χ3n) is 3.08. The van der Waals surface area contributed by atoms with Crippen LogP contribution in [0.15, 0.2) is 24.3 Å². The van der Waals surface area contributed by atoms with Crippen LogP contribution in [-0.4, -0.2) is 18.5 Å². The van der Waals surface area contributed by atoms with Crippen LogP contribution in [0.3, 0.4) is 0 Å². The standard InChI is InChI=1S/C15H20O2/c1-11(2)9-12-5-3-6-13(10-12)15(16)14-7-4-8-17-14/h3,5-6,10-11,14H,4,7-9H2,1-2H3. The molecule has 1 aliphatic rings.